The van der Waals surface area contributed by atoms with Crippen molar-refractivity contribution in [2.45, 2.75) is 50.6 Å². The first-order chi connectivity index (χ1) is 13.8. The van der Waals surface area contributed by atoms with Gasteiger partial charge in [0.15, 0.2) is 0 Å². The highest BCUT2D eigenvalue weighted by Gasteiger charge is 2.40. The molecular weight excluding hydrogens is 350 g/mol. The Hall–Kier alpha value is -1.59. The van der Waals surface area contributed by atoms with Crippen LogP contribution in [0.25, 0.3) is 0 Å². The minimum Gasteiger partial charge on any atom is -0.385 e. The molecule has 1 amide bonds. The molecule has 1 aromatic rings. The van der Waals surface area contributed by atoms with Gasteiger partial charge in [0, 0.05) is 70.6 Å². The molecule has 3 saturated heterocycles. The van der Waals surface area contributed by atoms with Gasteiger partial charge in [0.25, 0.3) is 0 Å². The number of likely N-dealkylation sites (tertiary alicyclic amines) is 2. The Balaban J connectivity index is 1.30. The maximum Gasteiger partial charge on any atom is 0.222 e. The Morgan fingerprint density at radius 1 is 1.04 bits per heavy atom. The maximum atomic E-state index is 12.5. The van der Waals surface area contributed by atoms with Crippen LogP contribution in [0.4, 0.5) is 5.69 Å². The number of ether oxygens (including phenoxy) is 1. The van der Waals surface area contributed by atoms with E-state index < -0.39 is 0 Å². The van der Waals surface area contributed by atoms with E-state index in [1.54, 1.807) is 7.11 Å². The number of hydrogen-bond donors (Lipinski definition) is 0. The van der Waals surface area contributed by atoms with Crippen molar-refractivity contribution in [2.75, 3.05) is 51.3 Å². The van der Waals surface area contributed by atoms with Crippen molar-refractivity contribution in [1.29, 1.82) is 0 Å². The molecule has 5 nitrogen and oxygen atoms in total. The number of anilines is 1. The molecule has 0 spiro atoms. The summed E-state index contributed by atoms with van der Waals surface area (Å²) in [7, 11) is 1.74. The van der Waals surface area contributed by atoms with Crippen LogP contribution in [0.1, 0.15) is 38.5 Å². The quantitative estimate of drug-likeness (QED) is 0.706. The molecule has 0 N–H and O–H groups in total. The molecule has 4 rings (SSSR count). The summed E-state index contributed by atoms with van der Waals surface area (Å²) >= 11 is 0. The van der Waals surface area contributed by atoms with E-state index in [-0.39, 0.29) is 0 Å². The van der Waals surface area contributed by atoms with Gasteiger partial charge in [-0.05, 0) is 50.2 Å². The van der Waals surface area contributed by atoms with E-state index in [2.05, 4.69) is 45.0 Å². The summed E-state index contributed by atoms with van der Waals surface area (Å²) in [6.45, 7) is 6.23. The van der Waals surface area contributed by atoms with E-state index in [0.717, 1.165) is 58.5 Å². The maximum absolute atomic E-state index is 12.5. The normalized spacial score (nSPS) is 27.1. The number of para-hydroxylation sites is 1. The van der Waals surface area contributed by atoms with E-state index in [1.807, 2.05) is 0 Å². The first-order valence-electron chi connectivity index (χ1n) is 11.1. The molecule has 0 unspecified atom stereocenters. The van der Waals surface area contributed by atoms with Crippen LogP contribution < -0.4 is 4.90 Å². The predicted octanol–water partition coefficient (Wildman–Crippen LogP) is 3.00. The second-order valence-corrected chi connectivity index (χ2v) is 8.64. The number of nitrogens with zero attached hydrogens (tertiary/aromatic N) is 3. The summed E-state index contributed by atoms with van der Waals surface area (Å²) in [5, 5.41) is 0. The third kappa shape index (κ3) is 4.36. The van der Waals surface area contributed by atoms with E-state index in [9.17, 15) is 4.79 Å². The summed E-state index contributed by atoms with van der Waals surface area (Å²) in [4.78, 5) is 19.9. The number of rotatable bonds is 6. The average molecular weight is 386 g/mol. The molecule has 0 saturated carbocycles. The number of amides is 1. The molecule has 1 aromatic carbocycles. The minimum atomic E-state index is 0.363. The minimum absolute atomic E-state index is 0.363. The first-order valence-corrected chi connectivity index (χ1v) is 11.1. The molecule has 0 aliphatic carbocycles. The van der Waals surface area contributed by atoms with Crippen LogP contribution in [-0.2, 0) is 9.53 Å². The number of piperidine rings is 3. The lowest BCUT2D eigenvalue weighted by atomic mass is 9.82. The van der Waals surface area contributed by atoms with E-state index in [1.165, 1.54) is 25.1 Å². The summed E-state index contributed by atoms with van der Waals surface area (Å²) in [6.07, 6.45) is 6.40. The number of hydrogen-bond acceptors (Lipinski definition) is 4. The smallest absolute Gasteiger partial charge is 0.222 e. The van der Waals surface area contributed by atoms with Crippen molar-refractivity contribution >= 4 is 11.6 Å². The molecular formula is C23H35N3O2. The highest BCUT2D eigenvalue weighted by atomic mass is 16.5. The van der Waals surface area contributed by atoms with Crippen LogP contribution in [0.2, 0.25) is 0 Å². The Morgan fingerprint density at radius 3 is 2.57 bits per heavy atom. The molecule has 28 heavy (non-hydrogen) atoms. The zero-order chi connectivity index (χ0) is 19.3. The van der Waals surface area contributed by atoms with Crippen molar-refractivity contribution in [1.82, 2.24) is 9.80 Å². The lowest BCUT2D eigenvalue weighted by molar-refractivity contribution is -0.141. The van der Waals surface area contributed by atoms with Gasteiger partial charge in [0.05, 0.1) is 0 Å². The van der Waals surface area contributed by atoms with Gasteiger partial charge in [-0.3, -0.25) is 9.69 Å². The first kappa shape index (κ1) is 19.7. The van der Waals surface area contributed by atoms with Crippen molar-refractivity contribution in [2.24, 2.45) is 5.92 Å². The predicted molar refractivity (Wildman–Crippen MR) is 113 cm³/mol. The number of carbonyl (C=O) groups excluding carboxylic acids is 1. The summed E-state index contributed by atoms with van der Waals surface area (Å²) in [6, 6.07) is 12.0. The third-order valence-corrected chi connectivity index (χ3v) is 7.02. The lowest BCUT2D eigenvalue weighted by Gasteiger charge is -2.50. The highest BCUT2D eigenvalue weighted by Crippen LogP contribution is 2.34. The lowest BCUT2D eigenvalue weighted by Crippen LogP contribution is -2.58. The SMILES string of the molecule is COCCCN1C(=O)CC[C@H]2CN(C3CCN(c4ccccc4)CC3)CC[C@H]21. The molecule has 3 aliphatic rings. The van der Waals surface area contributed by atoms with Gasteiger partial charge in [0.2, 0.25) is 5.91 Å². The zero-order valence-electron chi connectivity index (χ0n) is 17.3. The topological polar surface area (TPSA) is 36.0 Å². The van der Waals surface area contributed by atoms with Crippen LogP contribution in [0.5, 0.6) is 0 Å². The van der Waals surface area contributed by atoms with Gasteiger partial charge in [0.1, 0.15) is 0 Å². The van der Waals surface area contributed by atoms with Crippen molar-refractivity contribution in [3.63, 3.8) is 0 Å². The van der Waals surface area contributed by atoms with Crippen molar-refractivity contribution in [3.05, 3.63) is 30.3 Å². The second-order valence-electron chi connectivity index (χ2n) is 8.64. The van der Waals surface area contributed by atoms with Crippen LogP contribution >= 0.6 is 0 Å². The third-order valence-electron chi connectivity index (χ3n) is 7.02. The summed E-state index contributed by atoms with van der Waals surface area (Å²) < 4.78 is 5.19. The van der Waals surface area contributed by atoms with Gasteiger partial charge in [-0.25, -0.2) is 0 Å². The average Bonchev–Trinajstić information content (AvgIpc) is 2.76. The Bertz CT molecular complexity index is 630. The molecule has 5 heteroatoms. The van der Waals surface area contributed by atoms with Crippen LogP contribution in [-0.4, -0.2) is 74.2 Å². The number of benzene rings is 1. The monoisotopic (exact) mass is 385 g/mol. The molecule has 3 heterocycles. The molecule has 0 radical (unpaired) electrons. The van der Waals surface area contributed by atoms with Crippen LogP contribution in [0, 0.1) is 5.92 Å². The largest absolute Gasteiger partial charge is 0.385 e. The summed E-state index contributed by atoms with van der Waals surface area (Å²) in [5.41, 5.74) is 1.36. The molecule has 0 bridgehead atoms. The fourth-order valence-electron chi connectivity index (χ4n) is 5.51. The van der Waals surface area contributed by atoms with E-state index in [4.69, 9.17) is 4.74 Å². The van der Waals surface area contributed by atoms with Gasteiger partial charge in [-0.2, -0.15) is 0 Å². The molecule has 2 atom stereocenters. The Labute approximate surface area is 169 Å². The fraction of sp³-hybridized carbons (Fsp3) is 0.696. The van der Waals surface area contributed by atoms with Crippen molar-refractivity contribution in [3.8, 4) is 0 Å². The van der Waals surface area contributed by atoms with Crippen LogP contribution in [0.3, 0.4) is 0 Å². The van der Waals surface area contributed by atoms with E-state index >= 15 is 0 Å². The number of carbonyl (C=O) groups is 1. The van der Waals surface area contributed by atoms with Crippen LogP contribution in [0.15, 0.2) is 30.3 Å². The number of fused-ring (bicyclic) bond motifs is 1. The Morgan fingerprint density at radius 2 is 1.82 bits per heavy atom. The van der Waals surface area contributed by atoms with E-state index in [0.29, 0.717) is 23.9 Å². The van der Waals surface area contributed by atoms with Crippen molar-refractivity contribution < 1.29 is 9.53 Å². The number of methoxy groups -OCH3 is 1. The second kappa shape index (κ2) is 9.27. The standard InChI is InChI=1S/C23H35N3O2/c1-28-17-5-13-26-22-12-16-25(18-19(22)8-9-23(26)27)21-10-14-24(15-11-21)20-6-3-2-4-7-20/h2-4,6-7,19,21-22H,5,8-18H2,1H3/t19-,22+/m0/s1. The fourth-order valence-corrected chi connectivity index (χ4v) is 5.51. The molecule has 3 fully saturated rings. The van der Waals surface area contributed by atoms with Gasteiger partial charge in [-0.15, -0.1) is 0 Å². The zero-order valence-corrected chi connectivity index (χ0v) is 17.3. The van der Waals surface area contributed by atoms with Gasteiger partial charge < -0.3 is 14.5 Å². The highest BCUT2D eigenvalue weighted by molar-refractivity contribution is 5.77. The van der Waals surface area contributed by atoms with Gasteiger partial charge in [-0.1, -0.05) is 18.2 Å². The summed E-state index contributed by atoms with van der Waals surface area (Å²) in [5.74, 6) is 1.02. The van der Waals surface area contributed by atoms with Gasteiger partial charge >= 0.3 is 0 Å². The molecule has 154 valence electrons. The molecule has 3 aliphatic heterocycles. The molecule has 0 aromatic heterocycles. The Kier molecular flexibility index (Phi) is 6.53.